The predicted molar refractivity (Wildman–Crippen MR) is 49.7 cm³/mol. The molecular weight excluding hydrogens is 154 g/mol. The van der Waals surface area contributed by atoms with Crippen molar-refractivity contribution in [1.82, 2.24) is 5.48 Å². The number of hydrogen-bond acceptors (Lipinski definition) is 3. The second-order valence-electron chi connectivity index (χ2n) is 2.80. The zero-order valence-electron chi connectivity index (χ0n) is 8.43. The Kier molecular flexibility index (Phi) is 8.88. The van der Waals surface area contributed by atoms with Crippen LogP contribution >= 0.6 is 0 Å². The summed E-state index contributed by atoms with van der Waals surface area (Å²) in [7, 11) is 0. The van der Waals surface area contributed by atoms with Gasteiger partial charge >= 0.3 is 0 Å². The van der Waals surface area contributed by atoms with Crippen LogP contribution in [0.2, 0.25) is 0 Å². The van der Waals surface area contributed by atoms with Crippen LogP contribution in [0.15, 0.2) is 0 Å². The Morgan fingerprint density at radius 3 is 2.58 bits per heavy atom. The summed E-state index contributed by atoms with van der Waals surface area (Å²) < 4.78 is 5.34. The van der Waals surface area contributed by atoms with E-state index in [2.05, 4.69) is 19.3 Å². The minimum absolute atomic E-state index is 0.136. The maximum Gasteiger partial charge on any atom is 0.174 e. The molecule has 1 atom stereocenters. The van der Waals surface area contributed by atoms with E-state index in [-0.39, 0.29) is 6.29 Å². The van der Waals surface area contributed by atoms with E-state index < -0.39 is 0 Å². The molecule has 1 unspecified atom stereocenters. The summed E-state index contributed by atoms with van der Waals surface area (Å²) in [6, 6.07) is 0. The van der Waals surface area contributed by atoms with Crippen LogP contribution in [0.3, 0.4) is 0 Å². The van der Waals surface area contributed by atoms with E-state index in [1.807, 2.05) is 6.92 Å². The highest BCUT2D eigenvalue weighted by molar-refractivity contribution is 4.34. The Bertz CT molecular complexity index is 78.6. The molecule has 0 bridgehead atoms. The van der Waals surface area contributed by atoms with Crippen molar-refractivity contribution in [2.24, 2.45) is 0 Å². The minimum atomic E-state index is -0.136. The predicted octanol–water partition coefficient (Wildman–Crippen LogP) is 2.08. The first-order valence-corrected chi connectivity index (χ1v) is 4.81. The van der Waals surface area contributed by atoms with E-state index in [1.54, 1.807) is 0 Å². The summed E-state index contributed by atoms with van der Waals surface area (Å²) in [5.41, 5.74) is 2.84. The molecule has 0 saturated carbocycles. The Hall–Kier alpha value is -0.120. The van der Waals surface area contributed by atoms with Crippen LogP contribution in [0.4, 0.5) is 0 Å². The maximum absolute atomic E-state index is 5.34. The lowest BCUT2D eigenvalue weighted by Gasteiger charge is -2.13. The van der Waals surface area contributed by atoms with Gasteiger partial charge in [0, 0.05) is 13.2 Å². The molecule has 0 heterocycles. The molecule has 0 saturated heterocycles. The van der Waals surface area contributed by atoms with Gasteiger partial charge in [-0.2, -0.15) is 5.48 Å². The van der Waals surface area contributed by atoms with Gasteiger partial charge in [-0.3, -0.25) is 4.84 Å². The molecule has 0 rings (SSSR count). The SMILES string of the molecule is CCCCOC(C)ONCCC. The zero-order valence-corrected chi connectivity index (χ0v) is 8.43. The van der Waals surface area contributed by atoms with Crippen LogP contribution in [-0.4, -0.2) is 19.4 Å². The highest BCUT2D eigenvalue weighted by atomic mass is 16.8. The normalized spacial score (nSPS) is 13.2. The van der Waals surface area contributed by atoms with Crippen molar-refractivity contribution in [2.45, 2.75) is 46.3 Å². The third kappa shape index (κ3) is 7.98. The highest BCUT2D eigenvalue weighted by Gasteiger charge is 1.99. The minimum Gasteiger partial charge on any atom is -0.351 e. The largest absolute Gasteiger partial charge is 0.351 e. The average molecular weight is 175 g/mol. The molecule has 0 aromatic rings. The van der Waals surface area contributed by atoms with E-state index in [0.29, 0.717) is 0 Å². The van der Waals surface area contributed by atoms with Gasteiger partial charge in [0.2, 0.25) is 0 Å². The highest BCUT2D eigenvalue weighted by Crippen LogP contribution is 1.94. The lowest BCUT2D eigenvalue weighted by atomic mass is 10.4. The van der Waals surface area contributed by atoms with Crippen molar-refractivity contribution >= 4 is 0 Å². The second kappa shape index (κ2) is 8.97. The fourth-order valence-electron chi connectivity index (χ4n) is 0.706. The molecule has 3 nitrogen and oxygen atoms in total. The molecule has 0 aliphatic heterocycles. The second-order valence-corrected chi connectivity index (χ2v) is 2.80. The average Bonchev–Trinajstić information content (AvgIpc) is 2.06. The molecule has 0 amide bonds. The fourth-order valence-corrected chi connectivity index (χ4v) is 0.706. The third-order valence-corrected chi connectivity index (χ3v) is 1.45. The molecule has 0 aliphatic carbocycles. The molecule has 0 fully saturated rings. The van der Waals surface area contributed by atoms with Gasteiger partial charge < -0.3 is 4.74 Å². The summed E-state index contributed by atoms with van der Waals surface area (Å²) in [5, 5.41) is 0. The monoisotopic (exact) mass is 175 g/mol. The van der Waals surface area contributed by atoms with Gasteiger partial charge in [-0.25, -0.2) is 0 Å². The number of hydroxylamine groups is 1. The van der Waals surface area contributed by atoms with Gasteiger partial charge in [-0.05, 0) is 19.8 Å². The van der Waals surface area contributed by atoms with Crippen LogP contribution in [0.1, 0.15) is 40.0 Å². The summed E-state index contributed by atoms with van der Waals surface area (Å²) in [4.78, 5) is 5.16. The summed E-state index contributed by atoms with van der Waals surface area (Å²) in [6.45, 7) is 7.80. The van der Waals surface area contributed by atoms with Crippen LogP contribution in [0, 0.1) is 0 Å². The van der Waals surface area contributed by atoms with Crippen molar-refractivity contribution in [3.05, 3.63) is 0 Å². The number of hydrogen-bond donors (Lipinski definition) is 1. The van der Waals surface area contributed by atoms with Crippen LogP contribution in [0.5, 0.6) is 0 Å². The quantitative estimate of drug-likeness (QED) is 0.348. The van der Waals surface area contributed by atoms with Crippen LogP contribution in [-0.2, 0) is 9.57 Å². The molecule has 0 radical (unpaired) electrons. The van der Waals surface area contributed by atoms with Gasteiger partial charge in [-0.1, -0.05) is 20.3 Å². The van der Waals surface area contributed by atoms with E-state index in [0.717, 1.165) is 32.4 Å². The van der Waals surface area contributed by atoms with Crippen molar-refractivity contribution < 1.29 is 9.57 Å². The van der Waals surface area contributed by atoms with Crippen molar-refractivity contribution in [3.63, 3.8) is 0 Å². The van der Waals surface area contributed by atoms with Gasteiger partial charge in [0.1, 0.15) is 0 Å². The van der Waals surface area contributed by atoms with Crippen molar-refractivity contribution in [3.8, 4) is 0 Å². The molecular formula is C9H21NO2. The summed E-state index contributed by atoms with van der Waals surface area (Å²) >= 11 is 0. The number of unbranched alkanes of at least 4 members (excludes halogenated alkanes) is 1. The topological polar surface area (TPSA) is 30.5 Å². The van der Waals surface area contributed by atoms with Crippen LogP contribution in [0.25, 0.3) is 0 Å². The third-order valence-electron chi connectivity index (χ3n) is 1.45. The van der Waals surface area contributed by atoms with Crippen LogP contribution < -0.4 is 5.48 Å². The van der Waals surface area contributed by atoms with Crippen molar-refractivity contribution in [2.75, 3.05) is 13.2 Å². The van der Waals surface area contributed by atoms with Gasteiger partial charge in [0.05, 0.1) is 0 Å². The molecule has 3 heteroatoms. The first-order valence-electron chi connectivity index (χ1n) is 4.81. The lowest BCUT2D eigenvalue weighted by molar-refractivity contribution is -0.169. The maximum atomic E-state index is 5.34. The van der Waals surface area contributed by atoms with E-state index in [4.69, 9.17) is 9.57 Å². The molecule has 12 heavy (non-hydrogen) atoms. The number of nitrogens with one attached hydrogen (secondary N) is 1. The van der Waals surface area contributed by atoms with Crippen molar-refractivity contribution in [1.29, 1.82) is 0 Å². The Balaban J connectivity index is 3.04. The van der Waals surface area contributed by atoms with Gasteiger partial charge in [-0.15, -0.1) is 0 Å². The fraction of sp³-hybridized carbons (Fsp3) is 1.00. The lowest BCUT2D eigenvalue weighted by Crippen LogP contribution is -2.24. The first-order chi connectivity index (χ1) is 5.81. The van der Waals surface area contributed by atoms with E-state index in [1.165, 1.54) is 0 Å². The zero-order chi connectivity index (χ0) is 9.23. The smallest absolute Gasteiger partial charge is 0.174 e. The summed E-state index contributed by atoms with van der Waals surface area (Å²) in [5.74, 6) is 0. The molecule has 1 N–H and O–H groups in total. The molecule has 0 aromatic heterocycles. The first kappa shape index (κ1) is 11.9. The molecule has 0 aliphatic rings. The Morgan fingerprint density at radius 2 is 2.00 bits per heavy atom. The summed E-state index contributed by atoms with van der Waals surface area (Å²) in [6.07, 6.45) is 3.20. The Morgan fingerprint density at radius 1 is 1.25 bits per heavy atom. The Labute approximate surface area is 75.4 Å². The van der Waals surface area contributed by atoms with E-state index in [9.17, 15) is 0 Å². The van der Waals surface area contributed by atoms with E-state index >= 15 is 0 Å². The molecule has 0 spiro atoms. The molecule has 0 aromatic carbocycles. The van der Waals surface area contributed by atoms with Gasteiger partial charge in [0.25, 0.3) is 0 Å². The standard InChI is InChI=1S/C9H21NO2/c1-4-6-8-11-9(3)12-10-7-5-2/h9-10H,4-8H2,1-3H3. The molecule has 74 valence electrons. The number of rotatable bonds is 8. The number of ether oxygens (including phenoxy) is 1. The van der Waals surface area contributed by atoms with Gasteiger partial charge in [0.15, 0.2) is 6.29 Å².